The molecule has 0 amide bonds. The van der Waals surface area contributed by atoms with E-state index in [2.05, 4.69) is 29.2 Å². The van der Waals surface area contributed by atoms with Crippen molar-refractivity contribution in [2.75, 3.05) is 5.32 Å². The molecule has 0 spiro atoms. The average molecular weight is 451 g/mol. The third-order valence-corrected chi connectivity index (χ3v) is 6.70. The molecule has 0 saturated heterocycles. The number of allylic oxidation sites excluding steroid dienone is 2. The molecule has 2 aromatic carbocycles. The van der Waals surface area contributed by atoms with Gasteiger partial charge in [0.05, 0.1) is 0 Å². The topological polar surface area (TPSA) is 80.0 Å². The number of benzene rings is 2. The fraction of sp³-hybridized carbons (Fsp3) is 0.292. The van der Waals surface area contributed by atoms with Crippen LogP contribution in [-0.4, -0.2) is 25.7 Å². The maximum atomic E-state index is 14.0. The summed E-state index contributed by atoms with van der Waals surface area (Å²) in [7, 11) is 0. The largest absolute Gasteiger partial charge is 0.508 e. The van der Waals surface area contributed by atoms with Gasteiger partial charge in [0.15, 0.2) is 5.78 Å². The van der Waals surface area contributed by atoms with E-state index in [1.165, 1.54) is 17.8 Å². The molecule has 0 saturated carbocycles. The summed E-state index contributed by atoms with van der Waals surface area (Å²) in [4.78, 5) is 17.8. The quantitative estimate of drug-likeness (QED) is 0.540. The standard InChI is InChI=1S/C24H23FN4O2S/c1-24(2)11-18-20(19(31)12-24)21(14-7-5-8-16(30)10-14)29-22(26-18)27-23(28-29)32-13-15-6-3-4-9-17(15)25/h3-10,21,30H,11-13H2,1-2H3,(H,26,27,28)/t21-/m0/s1. The monoisotopic (exact) mass is 450 g/mol. The Kier molecular flexibility index (Phi) is 5.04. The summed E-state index contributed by atoms with van der Waals surface area (Å²) < 4.78 is 15.7. The fourth-order valence-corrected chi connectivity index (χ4v) is 5.23. The number of phenols is 1. The van der Waals surface area contributed by atoms with Crippen molar-refractivity contribution in [3.8, 4) is 5.75 Å². The van der Waals surface area contributed by atoms with E-state index >= 15 is 0 Å². The lowest BCUT2D eigenvalue weighted by Crippen LogP contribution is -2.36. The van der Waals surface area contributed by atoms with Crippen LogP contribution in [0.1, 0.15) is 43.9 Å². The van der Waals surface area contributed by atoms with Crippen LogP contribution < -0.4 is 5.32 Å². The first kappa shape index (κ1) is 20.8. The van der Waals surface area contributed by atoms with E-state index in [1.54, 1.807) is 41.1 Å². The van der Waals surface area contributed by atoms with Crippen molar-refractivity contribution in [1.29, 1.82) is 0 Å². The number of hydrogen-bond donors (Lipinski definition) is 2. The molecule has 0 radical (unpaired) electrons. The number of carbonyl (C=O) groups is 1. The number of aromatic nitrogens is 3. The van der Waals surface area contributed by atoms with Gasteiger partial charge >= 0.3 is 0 Å². The molecule has 1 aromatic heterocycles. The minimum absolute atomic E-state index is 0.0683. The Morgan fingerprint density at radius 2 is 2.03 bits per heavy atom. The number of hydrogen-bond acceptors (Lipinski definition) is 6. The third-order valence-electron chi connectivity index (χ3n) is 5.81. The van der Waals surface area contributed by atoms with Gasteiger partial charge in [0, 0.05) is 23.4 Å². The minimum Gasteiger partial charge on any atom is -0.508 e. The summed E-state index contributed by atoms with van der Waals surface area (Å²) in [6.07, 6.45) is 1.16. The van der Waals surface area contributed by atoms with Crippen molar-refractivity contribution >= 4 is 23.5 Å². The van der Waals surface area contributed by atoms with Gasteiger partial charge < -0.3 is 10.4 Å². The van der Waals surface area contributed by atoms with E-state index in [9.17, 15) is 14.3 Å². The SMILES string of the molecule is CC1(C)CC(=O)C2=C(C1)Nc1nc(SCc3ccccc3F)nn1[C@H]2c1cccc(O)c1. The number of nitrogens with zero attached hydrogens (tertiary/aromatic N) is 3. The normalized spacial score (nSPS) is 19.3. The number of fused-ring (bicyclic) bond motifs is 1. The third kappa shape index (κ3) is 3.79. The van der Waals surface area contributed by atoms with Crippen molar-refractivity contribution in [3.63, 3.8) is 0 Å². The summed E-state index contributed by atoms with van der Waals surface area (Å²) in [6, 6.07) is 13.1. The molecule has 8 heteroatoms. The van der Waals surface area contributed by atoms with Gasteiger partial charge in [-0.3, -0.25) is 4.79 Å². The molecule has 0 bridgehead atoms. The Morgan fingerprint density at radius 1 is 1.22 bits per heavy atom. The second-order valence-electron chi connectivity index (χ2n) is 9.00. The zero-order chi connectivity index (χ0) is 22.5. The number of thioether (sulfide) groups is 1. The summed E-state index contributed by atoms with van der Waals surface area (Å²) in [5.41, 5.74) is 2.71. The van der Waals surface area contributed by atoms with Crippen LogP contribution in [-0.2, 0) is 10.5 Å². The maximum Gasteiger partial charge on any atom is 0.227 e. The zero-order valence-corrected chi connectivity index (χ0v) is 18.6. The Labute approximate surface area is 189 Å². The van der Waals surface area contributed by atoms with Crippen molar-refractivity contribution in [1.82, 2.24) is 14.8 Å². The van der Waals surface area contributed by atoms with Gasteiger partial charge in [0.1, 0.15) is 17.6 Å². The number of anilines is 1. The van der Waals surface area contributed by atoms with Crippen LogP contribution in [0.25, 0.3) is 0 Å². The number of rotatable bonds is 4. The molecule has 1 aliphatic carbocycles. The number of ketones is 1. The Bertz CT molecular complexity index is 1250. The first-order valence-electron chi connectivity index (χ1n) is 10.5. The van der Waals surface area contributed by atoms with E-state index in [0.29, 0.717) is 40.8 Å². The van der Waals surface area contributed by atoms with Crippen LogP contribution in [0, 0.1) is 11.2 Å². The summed E-state index contributed by atoms with van der Waals surface area (Å²) in [5, 5.41) is 18.6. The second kappa shape index (κ2) is 7.78. The molecule has 3 aromatic rings. The molecular formula is C24H23FN4O2S. The lowest BCUT2D eigenvalue weighted by molar-refractivity contribution is -0.118. The van der Waals surface area contributed by atoms with Crippen molar-refractivity contribution < 1.29 is 14.3 Å². The van der Waals surface area contributed by atoms with Crippen LogP contribution in [0.2, 0.25) is 0 Å². The van der Waals surface area contributed by atoms with Crippen molar-refractivity contribution in [2.45, 2.75) is 43.6 Å². The molecule has 164 valence electrons. The Morgan fingerprint density at radius 3 is 2.81 bits per heavy atom. The molecule has 2 aliphatic rings. The van der Waals surface area contributed by atoms with Gasteiger partial charge in [0.2, 0.25) is 11.1 Å². The van der Waals surface area contributed by atoms with Crippen LogP contribution in [0.3, 0.4) is 0 Å². The highest BCUT2D eigenvalue weighted by atomic mass is 32.2. The predicted octanol–water partition coefficient (Wildman–Crippen LogP) is 5.07. The summed E-state index contributed by atoms with van der Waals surface area (Å²) in [5.74, 6) is 0.871. The van der Waals surface area contributed by atoms with Crippen molar-refractivity contribution in [2.24, 2.45) is 5.41 Å². The lowest BCUT2D eigenvalue weighted by Gasteiger charge is -2.38. The number of nitrogens with one attached hydrogen (secondary N) is 1. The predicted molar refractivity (Wildman–Crippen MR) is 121 cm³/mol. The molecule has 0 fully saturated rings. The number of halogens is 1. The van der Waals surface area contributed by atoms with Crippen LogP contribution in [0.5, 0.6) is 5.75 Å². The lowest BCUT2D eigenvalue weighted by atomic mass is 9.73. The van der Waals surface area contributed by atoms with Gasteiger partial charge in [-0.2, -0.15) is 4.98 Å². The molecule has 1 aliphatic heterocycles. The summed E-state index contributed by atoms with van der Waals surface area (Å²) in [6.45, 7) is 4.16. The van der Waals surface area contributed by atoms with Crippen LogP contribution >= 0.6 is 11.8 Å². The van der Waals surface area contributed by atoms with E-state index < -0.39 is 6.04 Å². The average Bonchev–Trinajstić information content (AvgIpc) is 3.13. The highest BCUT2D eigenvalue weighted by molar-refractivity contribution is 7.98. The molecule has 32 heavy (non-hydrogen) atoms. The first-order chi connectivity index (χ1) is 15.3. The molecule has 5 rings (SSSR count). The van der Waals surface area contributed by atoms with Gasteiger partial charge in [-0.25, -0.2) is 9.07 Å². The van der Waals surface area contributed by atoms with E-state index in [4.69, 9.17) is 0 Å². The molecule has 6 nitrogen and oxygen atoms in total. The number of Topliss-reactive ketones (excluding diaryl/α,β-unsaturated/α-hetero) is 1. The van der Waals surface area contributed by atoms with Crippen molar-refractivity contribution in [3.05, 3.63) is 76.7 Å². The number of phenolic OH excluding ortho intramolecular Hbond substituents is 1. The van der Waals surface area contributed by atoms with Gasteiger partial charge in [0.25, 0.3) is 0 Å². The zero-order valence-electron chi connectivity index (χ0n) is 17.8. The fourth-order valence-electron chi connectivity index (χ4n) is 4.41. The highest BCUT2D eigenvalue weighted by Crippen LogP contribution is 2.46. The Balaban J connectivity index is 1.54. The van der Waals surface area contributed by atoms with Crippen LogP contribution in [0.15, 0.2) is 65.0 Å². The molecule has 2 N–H and O–H groups in total. The highest BCUT2D eigenvalue weighted by Gasteiger charge is 2.41. The van der Waals surface area contributed by atoms with Gasteiger partial charge in [-0.05, 0) is 41.2 Å². The minimum atomic E-state index is -0.479. The molecular weight excluding hydrogens is 427 g/mol. The summed E-state index contributed by atoms with van der Waals surface area (Å²) >= 11 is 1.34. The Hall–Kier alpha value is -3.13. The van der Waals surface area contributed by atoms with Gasteiger partial charge in [-0.1, -0.05) is 55.9 Å². The first-order valence-corrected chi connectivity index (χ1v) is 11.4. The van der Waals surface area contributed by atoms with E-state index in [-0.39, 0.29) is 22.8 Å². The molecule has 1 atom stereocenters. The van der Waals surface area contributed by atoms with Gasteiger partial charge in [-0.15, -0.1) is 5.10 Å². The number of carbonyl (C=O) groups excluding carboxylic acids is 1. The van der Waals surface area contributed by atoms with E-state index in [0.717, 1.165) is 11.3 Å². The maximum absolute atomic E-state index is 14.0. The molecule has 2 heterocycles. The number of aromatic hydroxyl groups is 1. The van der Waals surface area contributed by atoms with E-state index in [1.807, 2.05) is 6.07 Å². The smallest absolute Gasteiger partial charge is 0.227 e. The molecule has 0 unspecified atom stereocenters. The van der Waals surface area contributed by atoms with Crippen LogP contribution in [0.4, 0.5) is 10.3 Å². The second-order valence-corrected chi connectivity index (χ2v) is 9.94.